The molecule has 0 saturated heterocycles. The summed E-state index contributed by atoms with van der Waals surface area (Å²) < 4.78 is 31.7. The molecule has 0 aliphatic heterocycles. The largest absolute Gasteiger partial charge is 0.345 e. The summed E-state index contributed by atoms with van der Waals surface area (Å²) in [4.78, 5) is 11.4. The van der Waals surface area contributed by atoms with Crippen LogP contribution in [0.25, 0.3) is 11.0 Å². The van der Waals surface area contributed by atoms with Gasteiger partial charge in [0.1, 0.15) is 0 Å². The van der Waals surface area contributed by atoms with Crippen LogP contribution in [0.3, 0.4) is 0 Å². The number of imidazole rings is 1. The van der Waals surface area contributed by atoms with Crippen molar-refractivity contribution in [1.82, 2.24) is 24.4 Å². The van der Waals surface area contributed by atoms with E-state index in [9.17, 15) is 8.42 Å². The first-order valence-corrected chi connectivity index (χ1v) is 9.01. The Morgan fingerprint density at radius 3 is 2.88 bits per heavy atom. The lowest BCUT2D eigenvalue weighted by atomic mass is 10.1. The van der Waals surface area contributed by atoms with Crippen LogP contribution >= 0.6 is 0 Å². The fourth-order valence-corrected chi connectivity index (χ4v) is 3.48. The lowest BCUT2D eigenvalue weighted by molar-refractivity contribution is 0.353. The minimum absolute atomic E-state index is 0.0466. The molecule has 1 aromatic carbocycles. The zero-order valence-corrected chi connectivity index (χ0v) is 14.5. The van der Waals surface area contributed by atoms with E-state index in [1.165, 1.54) is 23.7 Å². The van der Waals surface area contributed by atoms with Gasteiger partial charge in [-0.05, 0) is 24.1 Å². The van der Waals surface area contributed by atoms with Gasteiger partial charge in [-0.25, -0.2) is 13.4 Å². The summed E-state index contributed by atoms with van der Waals surface area (Å²) in [5, 5.41) is 3.85. The zero-order valence-electron chi connectivity index (χ0n) is 13.7. The lowest BCUT2D eigenvalue weighted by Gasteiger charge is -2.15. The number of nitrogens with one attached hydrogen (secondary N) is 1. The molecule has 2 heterocycles. The highest BCUT2D eigenvalue weighted by Crippen LogP contribution is 2.20. The third kappa shape index (κ3) is 3.31. The molecular weight excluding hydrogens is 330 g/mol. The molecule has 9 heteroatoms. The molecule has 0 radical (unpaired) electrons. The van der Waals surface area contributed by atoms with Gasteiger partial charge in [-0.2, -0.15) is 9.29 Å². The van der Waals surface area contributed by atoms with Crippen molar-refractivity contribution in [3.05, 3.63) is 36.2 Å². The van der Waals surface area contributed by atoms with Crippen LogP contribution in [-0.4, -0.2) is 39.9 Å². The molecule has 3 aromatic rings. The second-order valence-corrected chi connectivity index (χ2v) is 8.09. The summed E-state index contributed by atoms with van der Waals surface area (Å²) in [7, 11) is -2.17. The number of aromatic amines is 1. The third-order valence-electron chi connectivity index (χ3n) is 3.56. The van der Waals surface area contributed by atoms with E-state index in [2.05, 4.69) is 20.1 Å². The van der Waals surface area contributed by atoms with Crippen LogP contribution in [0.1, 0.15) is 25.6 Å². The van der Waals surface area contributed by atoms with E-state index in [1.54, 1.807) is 12.1 Å². The molecule has 2 aromatic heterocycles. The Morgan fingerprint density at radius 2 is 2.12 bits per heavy atom. The molecular formula is C15H19N5O3S. The highest BCUT2D eigenvalue weighted by molar-refractivity contribution is 7.89. The van der Waals surface area contributed by atoms with Crippen molar-refractivity contribution in [3.63, 3.8) is 0 Å². The number of fused-ring (bicyclic) bond motifs is 1. The number of nitrogens with zero attached hydrogens (tertiary/aromatic N) is 4. The predicted molar refractivity (Wildman–Crippen MR) is 87.6 cm³/mol. The van der Waals surface area contributed by atoms with Gasteiger partial charge in [0.15, 0.2) is 5.82 Å². The molecule has 0 saturated carbocycles. The van der Waals surface area contributed by atoms with Crippen molar-refractivity contribution in [2.75, 3.05) is 7.05 Å². The highest BCUT2D eigenvalue weighted by Gasteiger charge is 2.23. The fourth-order valence-electron chi connectivity index (χ4n) is 2.33. The number of H-pyrrole nitrogens is 1. The Hall–Kier alpha value is -2.26. The smallest absolute Gasteiger partial charge is 0.243 e. The van der Waals surface area contributed by atoms with Gasteiger partial charge in [-0.15, -0.1) is 0 Å². The molecule has 0 fully saturated rings. The Morgan fingerprint density at radius 1 is 1.33 bits per heavy atom. The fraction of sp³-hybridized carbons (Fsp3) is 0.400. The maximum atomic E-state index is 12.7. The van der Waals surface area contributed by atoms with Crippen molar-refractivity contribution in [2.24, 2.45) is 5.92 Å². The number of benzene rings is 1. The molecule has 128 valence electrons. The van der Waals surface area contributed by atoms with Crippen LogP contribution in [0.4, 0.5) is 0 Å². The second-order valence-electron chi connectivity index (χ2n) is 6.04. The first-order chi connectivity index (χ1) is 11.4. The van der Waals surface area contributed by atoms with Crippen LogP contribution in [0.2, 0.25) is 0 Å². The number of hydrogen-bond donors (Lipinski definition) is 1. The van der Waals surface area contributed by atoms with Crippen LogP contribution in [0.5, 0.6) is 0 Å². The quantitative estimate of drug-likeness (QED) is 0.729. The minimum Gasteiger partial charge on any atom is -0.345 e. The summed E-state index contributed by atoms with van der Waals surface area (Å²) in [6.07, 6.45) is 2.19. The molecule has 24 heavy (non-hydrogen) atoms. The monoisotopic (exact) mass is 349 g/mol. The van der Waals surface area contributed by atoms with E-state index in [1.807, 2.05) is 13.8 Å². The summed E-state index contributed by atoms with van der Waals surface area (Å²) in [5.41, 5.74) is 1.39. The Bertz CT molecular complexity index is 945. The molecule has 3 rings (SSSR count). The molecule has 0 spiro atoms. The zero-order chi connectivity index (χ0) is 17.3. The lowest BCUT2D eigenvalue weighted by Crippen LogP contribution is -2.27. The van der Waals surface area contributed by atoms with Crippen molar-refractivity contribution in [3.8, 4) is 0 Å². The average molecular weight is 349 g/mol. The molecule has 0 amide bonds. The number of aromatic nitrogens is 4. The highest BCUT2D eigenvalue weighted by atomic mass is 32.2. The summed E-state index contributed by atoms with van der Waals surface area (Å²) in [6.45, 7) is 4.14. The molecule has 0 unspecified atom stereocenters. The van der Waals surface area contributed by atoms with Crippen molar-refractivity contribution >= 4 is 21.1 Å². The summed E-state index contributed by atoms with van der Waals surface area (Å²) in [6, 6.07) is 4.77. The second kappa shape index (κ2) is 6.33. The number of hydrogen-bond acceptors (Lipinski definition) is 6. The standard InChI is InChI=1S/C15H19N5O3S/c1-10(2)6-15-18-14(19-23-15)8-20(3)24(21,22)11-4-5-12-13(7-11)17-9-16-12/h4-5,7,9-10H,6,8H2,1-3H3,(H,16,17). The van der Waals surface area contributed by atoms with E-state index in [0.29, 0.717) is 35.1 Å². The van der Waals surface area contributed by atoms with Crippen LogP contribution in [-0.2, 0) is 23.0 Å². The van der Waals surface area contributed by atoms with Crippen LogP contribution in [0, 0.1) is 5.92 Å². The van der Waals surface area contributed by atoms with E-state index < -0.39 is 10.0 Å². The SMILES string of the molecule is CC(C)Cc1nc(CN(C)S(=O)(=O)c2ccc3nc[nH]c3c2)no1. The maximum Gasteiger partial charge on any atom is 0.243 e. The van der Waals surface area contributed by atoms with Gasteiger partial charge in [0.05, 0.1) is 28.8 Å². The van der Waals surface area contributed by atoms with E-state index in [0.717, 1.165) is 0 Å². The molecule has 0 aliphatic rings. The molecule has 0 atom stereocenters. The van der Waals surface area contributed by atoms with Crippen molar-refractivity contribution in [1.29, 1.82) is 0 Å². The normalized spacial score (nSPS) is 12.5. The first-order valence-electron chi connectivity index (χ1n) is 7.57. The summed E-state index contributed by atoms with van der Waals surface area (Å²) >= 11 is 0. The Labute approximate surface area is 139 Å². The summed E-state index contributed by atoms with van der Waals surface area (Å²) in [5.74, 6) is 1.25. The Balaban J connectivity index is 1.79. The van der Waals surface area contributed by atoms with E-state index in [-0.39, 0.29) is 11.4 Å². The number of rotatable bonds is 6. The molecule has 8 nitrogen and oxygen atoms in total. The Kier molecular flexibility index (Phi) is 4.37. The van der Waals surface area contributed by atoms with Gasteiger partial charge < -0.3 is 9.51 Å². The maximum absolute atomic E-state index is 12.7. The number of sulfonamides is 1. The minimum atomic E-state index is -3.66. The van der Waals surface area contributed by atoms with Crippen LogP contribution < -0.4 is 0 Å². The average Bonchev–Trinajstić information content (AvgIpc) is 3.14. The predicted octanol–water partition coefficient (Wildman–Crippen LogP) is 1.97. The van der Waals surface area contributed by atoms with Gasteiger partial charge in [-0.3, -0.25) is 0 Å². The molecule has 1 N–H and O–H groups in total. The van der Waals surface area contributed by atoms with E-state index >= 15 is 0 Å². The van der Waals surface area contributed by atoms with Crippen molar-refractivity contribution < 1.29 is 12.9 Å². The molecule has 0 aliphatic carbocycles. The topological polar surface area (TPSA) is 105 Å². The molecule has 0 bridgehead atoms. The first kappa shape index (κ1) is 16.6. The van der Waals surface area contributed by atoms with Gasteiger partial charge in [0, 0.05) is 13.5 Å². The van der Waals surface area contributed by atoms with Gasteiger partial charge >= 0.3 is 0 Å². The van der Waals surface area contributed by atoms with Gasteiger partial charge in [0.2, 0.25) is 15.9 Å². The van der Waals surface area contributed by atoms with Crippen molar-refractivity contribution in [2.45, 2.75) is 31.7 Å². The van der Waals surface area contributed by atoms with E-state index in [4.69, 9.17) is 4.52 Å². The van der Waals surface area contributed by atoms with Crippen LogP contribution in [0.15, 0.2) is 33.9 Å². The third-order valence-corrected chi connectivity index (χ3v) is 5.36. The van der Waals surface area contributed by atoms with Gasteiger partial charge in [-0.1, -0.05) is 19.0 Å². The van der Waals surface area contributed by atoms with Gasteiger partial charge in [0.25, 0.3) is 0 Å².